The molecule has 0 unspecified atom stereocenters. The lowest BCUT2D eigenvalue weighted by molar-refractivity contribution is 0.780. The van der Waals surface area contributed by atoms with Crippen LogP contribution in [0.5, 0.6) is 0 Å². The van der Waals surface area contributed by atoms with Crippen LogP contribution in [0.4, 0.5) is 5.69 Å². The molecule has 0 bridgehead atoms. The van der Waals surface area contributed by atoms with Gasteiger partial charge in [-0.05, 0) is 19.1 Å². The maximum absolute atomic E-state index is 5.66. The van der Waals surface area contributed by atoms with Gasteiger partial charge in [0.1, 0.15) is 0 Å². The van der Waals surface area contributed by atoms with Gasteiger partial charge in [-0.1, -0.05) is 0 Å². The lowest BCUT2D eigenvalue weighted by atomic mass is 10.2. The number of pyridine rings is 1. The first-order valence-electron chi connectivity index (χ1n) is 4.00. The first kappa shape index (κ1) is 9.00. The summed E-state index contributed by atoms with van der Waals surface area (Å²) in [5.74, 6) is 0. The van der Waals surface area contributed by atoms with Crippen molar-refractivity contribution in [1.82, 2.24) is 4.98 Å². The Bertz CT molecular complexity index is 211. The molecule has 3 heteroatoms. The standard InChI is InChI=1S/C9H15N3/c1-7(10)9-5-4-8(6-11-9)12(2)3/h4-7H,10H2,1-3H3/t7-/m1/s1. The smallest absolute Gasteiger partial charge is 0.0569 e. The molecule has 3 nitrogen and oxygen atoms in total. The van der Waals surface area contributed by atoms with Crippen LogP contribution in [0.2, 0.25) is 0 Å². The number of nitrogens with zero attached hydrogens (tertiary/aromatic N) is 2. The molecule has 1 aromatic heterocycles. The van der Waals surface area contributed by atoms with Gasteiger partial charge in [-0.25, -0.2) is 0 Å². The first-order chi connectivity index (χ1) is 5.61. The molecule has 0 amide bonds. The summed E-state index contributed by atoms with van der Waals surface area (Å²) in [6, 6.07) is 3.99. The minimum Gasteiger partial charge on any atom is -0.376 e. The topological polar surface area (TPSA) is 42.1 Å². The van der Waals surface area contributed by atoms with Crippen LogP contribution in [0.3, 0.4) is 0 Å². The van der Waals surface area contributed by atoms with Crippen molar-refractivity contribution in [3.8, 4) is 0 Å². The Balaban J connectivity index is 2.86. The molecule has 0 spiro atoms. The highest BCUT2D eigenvalue weighted by atomic mass is 15.1. The Labute approximate surface area is 73.2 Å². The van der Waals surface area contributed by atoms with Crippen molar-refractivity contribution in [1.29, 1.82) is 0 Å². The number of rotatable bonds is 2. The molecule has 0 aromatic carbocycles. The van der Waals surface area contributed by atoms with Crippen LogP contribution < -0.4 is 10.6 Å². The van der Waals surface area contributed by atoms with Gasteiger partial charge >= 0.3 is 0 Å². The highest BCUT2D eigenvalue weighted by molar-refractivity contribution is 5.42. The molecule has 0 saturated heterocycles. The van der Waals surface area contributed by atoms with Crippen molar-refractivity contribution in [3.63, 3.8) is 0 Å². The SMILES string of the molecule is C[C@@H](N)c1ccc(N(C)C)cn1. The summed E-state index contributed by atoms with van der Waals surface area (Å²) in [4.78, 5) is 6.24. The zero-order valence-electron chi connectivity index (χ0n) is 7.78. The van der Waals surface area contributed by atoms with Crippen molar-refractivity contribution in [3.05, 3.63) is 24.0 Å². The van der Waals surface area contributed by atoms with E-state index in [0.29, 0.717) is 0 Å². The highest BCUT2D eigenvalue weighted by Gasteiger charge is 2.00. The number of anilines is 1. The Morgan fingerprint density at radius 3 is 2.42 bits per heavy atom. The van der Waals surface area contributed by atoms with E-state index in [1.54, 1.807) is 0 Å². The summed E-state index contributed by atoms with van der Waals surface area (Å²) in [6.07, 6.45) is 1.83. The molecule has 66 valence electrons. The second kappa shape index (κ2) is 3.54. The van der Waals surface area contributed by atoms with E-state index >= 15 is 0 Å². The molecule has 2 N–H and O–H groups in total. The lowest BCUT2D eigenvalue weighted by Gasteiger charge is -2.12. The van der Waals surface area contributed by atoms with Gasteiger partial charge in [-0.3, -0.25) is 4.98 Å². The maximum Gasteiger partial charge on any atom is 0.0569 e. The molecule has 1 heterocycles. The van der Waals surface area contributed by atoms with E-state index in [2.05, 4.69) is 4.98 Å². The van der Waals surface area contributed by atoms with Gasteiger partial charge in [0.15, 0.2) is 0 Å². The van der Waals surface area contributed by atoms with Crippen LogP contribution in [0.1, 0.15) is 18.7 Å². The molecular weight excluding hydrogens is 150 g/mol. The second-order valence-electron chi connectivity index (χ2n) is 3.12. The van der Waals surface area contributed by atoms with Gasteiger partial charge in [0.2, 0.25) is 0 Å². The minimum atomic E-state index is 0.0150. The highest BCUT2D eigenvalue weighted by Crippen LogP contribution is 2.12. The largest absolute Gasteiger partial charge is 0.376 e. The van der Waals surface area contributed by atoms with Crippen LogP contribution >= 0.6 is 0 Å². The predicted octanol–water partition coefficient (Wildman–Crippen LogP) is 1.17. The Kier molecular flexibility index (Phi) is 2.65. The lowest BCUT2D eigenvalue weighted by Crippen LogP contribution is -2.11. The third-order valence-electron chi connectivity index (χ3n) is 1.75. The van der Waals surface area contributed by atoms with Crippen molar-refractivity contribution < 1.29 is 0 Å². The third-order valence-corrected chi connectivity index (χ3v) is 1.75. The van der Waals surface area contributed by atoms with E-state index in [0.717, 1.165) is 11.4 Å². The molecular formula is C9H15N3. The zero-order valence-corrected chi connectivity index (χ0v) is 7.78. The third kappa shape index (κ3) is 1.95. The Morgan fingerprint density at radius 1 is 1.42 bits per heavy atom. The second-order valence-corrected chi connectivity index (χ2v) is 3.12. The Hall–Kier alpha value is -1.09. The first-order valence-corrected chi connectivity index (χ1v) is 4.00. The normalized spacial score (nSPS) is 12.7. The van der Waals surface area contributed by atoms with Crippen LogP contribution in [0.25, 0.3) is 0 Å². The molecule has 0 aliphatic heterocycles. The monoisotopic (exact) mass is 165 g/mol. The van der Waals surface area contributed by atoms with Gasteiger partial charge in [0, 0.05) is 20.1 Å². The summed E-state index contributed by atoms with van der Waals surface area (Å²) in [7, 11) is 3.98. The average Bonchev–Trinajstić information content (AvgIpc) is 2.04. The number of aromatic nitrogens is 1. The van der Waals surface area contributed by atoms with E-state index in [1.165, 1.54) is 0 Å². The van der Waals surface area contributed by atoms with Crippen LogP contribution in [0, 0.1) is 0 Å². The average molecular weight is 165 g/mol. The maximum atomic E-state index is 5.66. The van der Waals surface area contributed by atoms with E-state index < -0.39 is 0 Å². The van der Waals surface area contributed by atoms with Gasteiger partial charge in [-0.15, -0.1) is 0 Å². The van der Waals surface area contributed by atoms with Gasteiger partial charge in [0.25, 0.3) is 0 Å². The van der Waals surface area contributed by atoms with Gasteiger partial charge in [-0.2, -0.15) is 0 Å². The molecule has 1 atom stereocenters. The van der Waals surface area contributed by atoms with Crippen molar-refractivity contribution in [2.75, 3.05) is 19.0 Å². The molecule has 1 rings (SSSR count). The molecule has 12 heavy (non-hydrogen) atoms. The summed E-state index contributed by atoms with van der Waals surface area (Å²) in [6.45, 7) is 1.93. The molecule has 0 saturated carbocycles. The van der Waals surface area contributed by atoms with Crippen molar-refractivity contribution in [2.24, 2.45) is 5.73 Å². The number of nitrogens with two attached hydrogens (primary N) is 1. The van der Waals surface area contributed by atoms with E-state index in [9.17, 15) is 0 Å². The fourth-order valence-corrected chi connectivity index (χ4v) is 0.931. The molecule has 0 aliphatic rings. The van der Waals surface area contributed by atoms with Crippen LogP contribution in [-0.4, -0.2) is 19.1 Å². The van der Waals surface area contributed by atoms with E-state index in [-0.39, 0.29) is 6.04 Å². The van der Waals surface area contributed by atoms with Crippen LogP contribution in [-0.2, 0) is 0 Å². The zero-order chi connectivity index (χ0) is 9.14. The van der Waals surface area contributed by atoms with Crippen molar-refractivity contribution >= 4 is 5.69 Å². The summed E-state index contributed by atoms with van der Waals surface area (Å²) >= 11 is 0. The summed E-state index contributed by atoms with van der Waals surface area (Å²) < 4.78 is 0. The number of hydrogen-bond donors (Lipinski definition) is 1. The molecule has 0 radical (unpaired) electrons. The molecule has 0 fully saturated rings. The van der Waals surface area contributed by atoms with Crippen molar-refractivity contribution in [2.45, 2.75) is 13.0 Å². The molecule has 1 aromatic rings. The van der Waals surface area contributed by atoms with Gasteiger partial charge < -0.3 is 10.6 Å². The quantitative estimate of drug-likeness (QED) is 0.715. The van der Waals surface area contributed by atoms with Crippen LogP contribution in [0.15, 0.2) is 18.3 Å². The number of hydrogen-bond acceptors (Lipinski definition) is 3. The fourth-order valence-electron chi connectivity index (χ4n) is 0.931. The summed E-state index contributed by atoms with van der Waals surface area (Å²) in [5, 5.41) is 0. The molecule has 0 aliphatic carbocycles. The fraction of sp³-hybridized carbons (Fsp3) is 0.444. The van der Waals surface area contributed by atoms with E-state index in [4.69, 9.17) is 5.73 Å². The predicted molar refractivity (Wildman–Crippen MR) is 51.2 cm³/mol. The Morgan fingerprint density at radius 2 is 2.08 bits per heavy atom. The van der Waals surface area contributed by atoms with Gasteiger partial charge in [0.05, 0.1) is 17.6 Å². The minimum absolute atomic E-state index is 0.0150. The van der Waals surface area contributed by atoms with E-state index in [1.807, 2.05) is 44.2 Å². The summed E-state index contributed by atoms with van der Waals surface area (Å²) in [5.41, 5.74) is 7.69.